The highest BCUT2D eigenvalue weighted by atomic mass is 16.3. The molecule has 0 aliphatic carbocycles. The SMILES string of the molecule is CC1CCN(C(=O)N(C)Cc2ccc(O)cc2)CC1. The molecule has 1 saturated heterocycles. The van der Waals surface area contributed by atoms with Crippen LogP contribution in [0.1, 0.15) is 25.3 Å². The Kier molecular flexibility index (Phi) is 4.30. The molecule has 0 unspecified atom stereocenters. The summed E-state index contributed by atoms with van der Waals surface area (Å²) in [5, 5.41) is 9.24. The van der Waals surface area contributed by atoms with Crippen LogP contribution in [0.4, 0.5) is 4.79 Å². The third kappa shape index (κ3) is 3.63. The van der Waals surface area contributed by atoms with Crippen molar-refractivity contribution in [3.05, 3.63) is 29.8 Å². The molecule has 1 aromatic carbocycles. The summed E-state index contributed by atoms with van der Waals surface area (Å²) in [5.41, 5.74) is 1.03. The van der Waals surface area contributed by atoms with Crippen LogP contribution < -0.4 is 0 Å². The van der Waals surface area contributed by atoms with Crippen LogP contribution in [-0.4, -0.2) is 41.1 Å². The minimum Gasteiger partial charge on any atom is -0.508 e. The van der Waals surface area contributed by atoms with Gasteiger partial charge in [-0.1, -0.05) is 19.1 Å². The van der Waals surface area contributed by atoms with E-state index in [1.165, 1.54) is 0 Å². The third-order valence-electron chi connectivity index (χ3n) is 3.74. The Bertz CT molecular complexity index is 422. The highest BCUT2D eigenvalue weighted by molar-refractivity contribution is 5.74. The Morgan fingerprint density at radius 2 is 1.89 bits per heavy atom. The van der Waals surface area contributed by atoms with Crippen LogP contribution >= 0.6 is 0 Å². The van der Waals surface area contributed by atoms with Gasteiger partial charge in [0.25, 0.3) is 0 Å². The first-order valence-electron chi connectivity index (χ1n) is 6.84. The van der Waals surface area contributed by atoms with E-state index in [4.69, 9.17) is 0 Å². The van der Waals surface area contributed by atoms with E-state index in [1.54, 1.807) is 17.0 Å². The zero-order valence-electron chi connectivity index (χ0n) is 11.7. The standard InChI is InChI=1S/C15H22N2O2/c1-12-7-9-17(10-8-12)15(19)16(2)11-13-3-5-14(18)6-4-13/h3-6,12,18H,7-11H2,1-2H3. The number of hydrogen-bond donors (Lipinski definition) is 1. The smallest absolute Gasteiger partial charge is 0.320 e. The molecular weight excluding hydrogens is 240 g/mol. The van der Waals surface area contributed by atoms with E-state index in [-0.39, 0.29) is 11.8 Å². The second-order valence-electron chi connectivity index (χ2n) is 5.47. The summed E-state index contributed by atoms with van der Waals surface area (Å²) in [6.07, 6.45) is 2.19. The van der Waals surface area contributed by atoms with Crippen LogP contribution in [0.2, 0.25) is 0 Å². The van der Waals surface area contributed by atoms with E-state index in [9.17, 15) is 9.90 Å². The van der Waals surface area contributed by atoms with Gasteiger partial charge in [-0.05, 0) is 36.5 Å². The average molecular weight is 262 g/mol. The Labute approximate surface area is 114 Å². The fourth-order valence-corrected chi connectivity index (χ4v) is 2.38. The van der Waals surface area contributed by atoms with Crippen molar-refractivity contribution in [2.24, 2.45) is 5.92 Å². The molecule has 2 amide bonds. The number of phenols is 1. The van der Waals surface area contributed by atoms with Crippen LogP contribution in [0.5, 0.6) is 5.75 Å². The first-order valence-corrected chi connectivity index (χ1v) is 6.84. The van der Waals surface area contributed by atoms with E-state index in [0.717, 1.165) is 37.4 Å². The third-order valence-corrected chi connectivity index (χ3v) is 3.74. The minimum atomic E-state index is 0.0972. The number of nitrogens with zero attached hydrogens (tertiary/aromatic N) is 2. The fourth-order valence-electron chi connectivity index (χ4n) is 2.38. The molecule has 19 heavy (non-hydrogen) atoms. The van der Waals surface area contributed by atoms with E-state index in [1.807, 2.05) is 24.1 Å². The van der Waals surface area contributed by atoms with Gasteiger partial charge in [0, 0.05) is 26.7 Å². The van der Waals surface area contributed by atoms with Crippen LogP contribution in [0.25, 0.3) is 0 Å². The summed E-state index contributed by atoms with van der Waals surface area (Å²) < 4.78 is 0. The van der Waals surface area contributed by atoms with Crippen molar-refractivity contribution in [1.29, 1.82) is 0 Å². The van der Waals surface area contributed by atoms with Gasteiger partial charge in [-0.25, -0.2) is 4.79 Å². The van der Waals surface area contributed by atoms with Crippen LogP contribution in [0.15, 0.2) is 24.3 Å². The molecule has 4 heteroatoms. The predicted molar refractivity (Wildman–Crippen MR) is 74.9 cm³/mol. The van der Waals surface area contributed by atoms with Crippen molar-refractivity contribution < 1.29 is 9.90 Å². The van der Waals surface area contributed by atoms with Crippen LogP contribution in [0, 0.1) is 5.92 Å². The molecule has 1 heterocycles. The minimum absolute atomic E-state index is 0.0972. The predicted octanol–water partition coefficient (Wildman–Crippen LogP) is 2.68. The monoisotopic (exact) mass is 262 g/mol. The summed E-state index contributed by atoms with van der Waals surface area (Å²) in [6.45, 7) is 4.53. The van der Waals surface area contributed by atoms with E-state index >= 15 is 0 Å². The maximum Gasteiger partial charge on any atom is 0.320 e. The van der Waals surface area contributed by atoms with Gasteiger partial charge in [0.05, 0.1) is 0 Å². The van der Waals surface area contributed by atoms with Gasteiger partial charge in [0.15, 0.2) is 0 Å². The number of amides is 2. The zero-order chi connectivity index (χ0) is 13.8. The summed E-state index contributed by atoms with van der Waals surface area (Å²) in [6, 6.07) is 7.08. The van der Waals surface area contributed by atoms with Crippen LogP contribution in [0.3, 0.4) is 0 Å². The van der Waals surface area contributed by atoms with Gasteiger partial charge >= 0.3 is 6.03 Å². The molecule has 2 rings (SSSR count). The number of benzene rings is 1. The number of likely N-dealkylation sites (tertiary alicyclic amines) is 1. The largest absolute Gasteiger partial charge is 0.508 e. The summed E-state index contributed by atoms with van der Waals surface area (Å²) in [7, 11) is 1.83. The first-order chi connectivity index (χ1) is 9.06. The summed E-state index contributed by atoms with van der Waals surface area (Å²) in [4.78, 5) is 15.9. The van der Waals surface area contributed by atoms with Crippen LogP contribution in [-0.2, 0) is 6.54 Å². The normalized spacial score (nSPS) is 16.4. The van der Waals surface area contributed by atoms with Crippen molar-refractivity contribution >= 4 is 6.03 Å². The highest BCUT2D eigenvalue weighted by Gasteiger charge is 2.22. The molecule has 1 aliphatic heterocycles. The van der Waals surface area contributed by atoms with Crippen molar-refractivity contribution in [2.45, 2.75) is 26.3 Å². The zero-order valence-corrected chi connectivity index (χ0v) is 11.7. The summed E-state index contributed by atoms with van der Waals surface area (Å²) >= 11 is 0. The van der Waals surface area contributed by atoms with Gasteiger partial charge in [-0.2, -0.15) is 0 Å². The van der Waals surface area contributed by atoms with E-state index in [0.29, 0.717) is 6.54 Å². The van der Waals surface area contributed by atoms with Crippen molar-refractivity contribution in [3.63, 3.8) is 0 Å². The van der Waals surface area contributed by atoms with E-state index < -0.39 is 0 Å². The maximum absolute atomic E-state index is 12.3. The molecule has 0 aromatic heterocycles. The Hall–Kier alpha value is -1.71. The number of phenolic OH excluding ortho intramolecular Hbond substituents is 1. The number of hydrogen-bond acceptors (Lipinski definition) is 2. The molecule has 1 aromatic rings. The number of urea groups is 1. The first kappa shape index (κ1) is 13.7. The topological polar surface area (TPSA) is 43.8 Å². The number of piperidine rings is 1. The number of rotatable bonds is 2. The van der Waals surface area contributed by atoms with Gasteiger partial charge in [0.1, 0.15) is 5.75 Å². The Morgan fingerprint density at radius 3 is 2.47 bits per heavy atom. The molecular formula is C15H22N2O2. The molecule has 0 bridgehead atoms. The molecule has 0 spiro atoms. The fraction of sp³-hybridized carbons (Fsp3) is 0.533. The van der Waals surface area contributed by atoms with Gasteiger partial charge in [0.2, 0.25) is 0 Å². The number of aromatic hydroxyl groups is 1. The quantitative estimate of drug-likeness (QED) is 0.890. The molecule has 1 fully saturated rings. The molecule has 0 atom stereocenters. The molecule has 1 N–H and O–H groups in total. The lowest BCUT2D eigenvalue weighted by atomic mass is 9.99. The highest BCUT2D eigenvalue weighted by Crippen LogP contribution is 2.18. The summed E-state index contributed by atoms with van der Waals surface area (Å²) in [5.74, 6) is 0.981. The van der Waals surface area contributed by atoms with Gasteiger partial charge in [-0.15, -0.1) is 0 Å². The van der Waals surface area contributed by atoms with Crippen molar-refractivity contribution in [3.8, 4) is 5.75 Å². The molecule has 4 nitrogen and oxygen atoms in total. The second-order valence-corrected chi connectivity index (χ2v) is 5.47. The second kappa shape index (κ2) is 5.95. The lowest BCUT2D eigenvalue weighted by Crippen LogP contribution is -2.44. The lowest BCUT2D eigenvalue weighted by molar-refractivity contribution is 0.141. The van der Waals surface area contributed by atoms with E-state index in [2.05, 4.69) is 6.92 Å². The molecule has 1 aliphatic rings. The Balaban J connectivity index is 1.90. The van der Waals surface area contributed by atoms with Gasteiger partial charge in [-0.3, -0.25) is 0 Å². The molecule has 0 radical (unpaired) electrons. The lowest BCUT2D eigenvalue weighted by Gasteiger charge is -2.33. The molecule has 104 valence electrons. The van der Waals surface area contributed by atoms with Crippen molar-refractivity contribution in [1.82, 2.24) is 9.80 Å². The van der Waals surface area contributed by atoms with Crippen molar-refractivity contribution in [2.75, 3.05) is 20.1 Å². The number of carbonyl (C=O) groups excluding carboxylic acids is 1. The van der Waals surface area contributed by atoms with Gasteiger partial charge < -0.3 is 14.9 Å². The maximum atomic E-state index is 12.3. The Morgan fingerprint density at radius 1 is 1.32 bits per heavy atom. The number of carbonyl (C=O) groups is 1. The molecule has 0 saturated carbocycles. The average Bonchev–Trinajstić information content (AvgIpc) is 2.41.